The second kappa shape index (κ2) is 10.7. The number of rotatable bonds is 7. The molecule has 1 N–H and O–H groups in total. The number of hydrogen-bond donors (Lipinski definition) is 1. The van der Waals surface area contributed by atoms with Crippen molar-refractivity contribution in [1.29, 1.82) is 0 Å². The fourth-order valence-electron chi connectivity index (χ4n) is 4.91. The maximum absolute atomic E-state index is 13.4. The molecule has 1 aromatic heterocycles. The number of ether oxygens (including phenoxy) is 4. The van der Waals surface area contributed by atoms with E-state index < -0.39 is 18.5 Å². The highest BCUT2D eigenvalue weighted by Crippen LogP contribution is 2.41. The van der Waals surface area contributed by atoms with Crippen LogP contribution in [0.1, 0.15) is 48.8 Å². The Bertz CT molecular complexity index is 1300. The summed E-state index contributed by atoms with van der Waals surface area (Å²) in [5, 5.41) is 3.47. The number of anilines is 1. The lowest BCUT2D eigenvalue weighted by molar-refractivity contribution is -0.119. The number of nitrogens with zero attached hydrogens (tertiary/aromatic N) is 1. The third kappa shape index (κ3) is 5.48. The Morgan fingerprint density at radius 3 is 2.32 bits per heavy atom. The Morgan fingerprint density at radius 2 is 1.70 bits per heavy atom. The Balaban J connectivity index is 1.57. The molecule has 3 aromatic rings. The van der Waals surface area contributed by atoms with Crippen LogP contribution in [0.15, 0.2) is 36.4 Å². The standard InChI is InChI=1S/C29H34N2O6/c1-29(2,3)17-11-12-22-20(13-17)26(19-9-7-8-10-21(19)31-22)28(33)37-16-25(32)30-18-14-23(34-4)27(36-6)24(15-18)35-5/h7-10,14-15,17H,11-13,16H2,1-6H3,(H,30,32). The number of aryl methyl sites for hydroxylation is 1. The van der Waals surface area contributed by atoms with E-state index in [-0.39, 0.29) is 5.41 Å². The minimum Gasteiger partial charge on any atom is -0.493 e. The summed E-state index contributed by atoms with van der Waals surface area (Å²) in [6, 6.07) is 10.8. The first-order chi connectivity index (χ1) is 17.7. The van der Waals surface area contributed by atoms with Gasteiger partial charge < -0.3 is 24.3 Å². The van der Waals surface area contributed by atoms with Crippen molar-refractivity contribution in [2.24, 2.45) is 11.3 Å². The van der Waals surface area contributed by atoms with Gasteiger partial charge in [-0.3, -0.25) is 9.78 Å². The van der Waals surface area contributed by atoms with E-state index in [1.165, 1.54) is 21.3 Å². The molecule has 0 radical (unpaired) electrons. The fraction of sp³-hybridized carbons (Fsp3) is 0.414. The van der Waals surface area contributed by atoms with Crippen molar-refractivity contribution < 1.29 is 28.5 Å². The van der Waals surface area contributed by atoms with Crippen molar-refractivity contribution in [3.8, 4) is 17.2 Å². The maximum atomic E-state index is 13.4. The van der Waals surface area contributed by atoms with Crippen LogP contribution in [0.4, 0.5) is 5.69 Å². The molecule has 0 bridgehead atoms. The molecule has 0 aliphatic heterocycles. The molecule has 8 heteroatoms. The molecule has 1 unspecified atom stereocenters. The highest BCUT2D eigenvalue weighted by Gasteiger charge is 2.33. The Kier molecular flexibility index (Phi) is 7.57. The van der Waals surface area contributed by atoms with Crippen molar-refractivity contribution in [2.75, 3.05) is 33.3 Å². The summed E-state index contributed by atoms with van der Waals surface area (Å²) >= 11 is 0. The predicted molar refractivity (Wildman–Crippen MR) is 142 cm³/mol. The Labute approximate surface area is 217 Å². The molecule has 8 nitrogen and oxygen atoms in total. The number of fused-ring (bicyclic) bond motifs is 2. The van der Waals surface area contributed by atoms with Gasteiger partial charge in [0.15, 0.2) is 18.1 Å². The molecule has 4 rings (SSSR count). The molecule has 1 aliphatic rings. The summed E-state index contributed by atoms with van der Waals surface area (Å²) in [7, 11) is 4.49. The van der Waals surface area contributed by atoms with Crippen LogP contribution in [0.3, 0.4) is 0 Å². The molecule has 1 atom stereocenters. The monoisotopic (exact) mass is 506 g/mol. The second-order valence-corrected chi connectivity index (χ2v) is 10.3. The van der Waals surface area contributed by atoms with E-state index in [1.54, 1.807) is 12.1 Å². The third-order valence-corrected chi connectivity index (χ3v) is 6.97. The van der Waals surface area contributed by atoms with Crippen molar-refractivity contribution in [3.63, 3.8) is 0 Å². The Morgan fingerprint density at radius 1 is 1.03 bits per heavy atom. The second-order valence-electron chi connectivity index (χ2n) is 10.3. The zero-order valence-corrected chi connectivity index (χ0v) is 22.3. The van der Waals surface area contributed by atoms with Gasteiger partial charge in [0.2, 0.25) is 5.75 Å². The van der Waals surface area contributed by atoms with Gasteiger partial charge in [0.1, 0.15) is 0 Å². The van der Waals surface area contributed by atoms with Gasteiger partial charge in [-0.25, -0.2) is 4.79 Å². The summed E-state index contributed by atoms with van der Waals surface area (Å²) in [6.45, 7) is 6.23. The van der Waals surface area contributed by atoms with Crippen molar-refractivity contribution >= 4 is 28.5 Å². The molecule has 196 valence electrons. The van der Waals surface area contributed by atoms with Crippen LogP contribution in [0.5, 0.6) is 17.2 Å². The van der Waals surface area contributed by atoms with Crippen LogP contribution < -0.4 is 19.5 Å². The largest absolute Gasteiger partial charge is 0.493 e. The van der Waals surface area contributed by atoms with Gasteiger partial charge in [0.05, 0.1) is 32.4 Å². The van der Waals surface area contributed by atoms with Gasteiger partial charge in [-0.2, -0.15) is 0 Å². The normalized spacial score (nSPS) is 15.0. The zero-order chi connectivity index (χ0) is 26.7. The quantitative estimate of drug-likeness (QED) is 0.440. The summed E-state index contributed by atoms with van der Waals surface area (Å²) in [4.78, 5) is 31.0. The zero-order valence-electron chi connectivity index (χ0n) is 22.3. The van der Waals surface area contributed by atoms with Crippen LogP contribution >= 0.6 is 0 Å². The lowest BCUT2D eigenvalue weighted by Gasteiger charge is -2.35. The SMILES string of the molecule is COc1cc(NC(=O)COC(=O)c2c3c(nc4ccccc24)CCC(C(C)(C)C)C3)cc(OC)c1OC. The van der Waals surface area contributed by atoms with E-state index >= 15 is 0 Å². The molecule has 0 spiro atoms. The van der Waals surface area contributed by atoms with E-state index in [2.05, 4.69) is 26.1 Å². The number of pyridine rings is 1. The molecule has 37 heavy (non-hydrogen) atoms. The number of hydrogen-bond acceptors (Lipinski definition) is 7. The molecular weight excluding hydrogens is 472 g/mol. The summed E-state index contributed by atoms with van der Waals surface area (Å²) in [5.74, 6) is 0.622. The first-order valence-corrected chi connectivity index (χ1v) is 12.3. The minimum absolute atomic E-state index is 0.102. The highest BCUT2D eigenvalue weighted by atomic mass is 16.5. The number of carbonyl (C=O) groups is 2. The molecule has 0 fully saturated rings. The number of benzene rings is 2. The highest BCUT2D eigenvalue weighted by molar-refractivity contribution is 6.06. The van der Waals surface area contributed by atoms with Crippen LogP contribution in [-0.4, -0.2) is 44.8 Å². The van der Waals surface area contributed by atoms with E-state index in [9.17, 15) is 9.59 Å². The maximum Gasteiger partial charge on any atom is 0.339 e. The number of methoxy groups -OCH3 is 3. The molecule has 2 aromatic carbocycles. The van der Waals surface area contributed by atoms with Crippen LogP contribution in [-0.2, 0) is 22.4 Å². The van der Waals surface area contributed by atoms with Crippen molar-refractivity contribution in [2.45, 2.75) is 40.0 Å². The average Bonchev–Trinajstić information content (AvgIpc) is 2.88. The first-order valence-electron chi connectivity index (χ1n) is 12.3. The smallest absolute Gasteiger partial charge is 0.339 e. The van der Waals surface area contributed by atoms with Gasteiger partial charge in [0, 0.05) is 28.9 Å². The summed E-state index contributed by atoms with van der Waals surface area (Å²) in [5.41, 5.74) is 3.66. The van der Waals surface area contributed by atoms with Gasteiger partial charge in [-0.05, 0) is 42.2 Å². The van der Waals surface area contributed by atoms with E-state index in [0.717, 1.165) is 41.4 Å². The predicted octanol–water partition coefficient (Wildman–Crippen LogP) is 5.21. The number of carbonyl (C=O) groups excluding carboxylic acids is 2. The van der Waals surface area contributed by atoms with Gasteiger partial charge in [-0.1, -0.05) is 39.0 Å². The lowest BCUT2D eigenvalue weighted by Crippen LogP contribution is -2.29. The van der Waals surface area contributed by atoms with E-state index in [0.29, 0.717) is 34.4 Å². The molecule has 1 amide bonds. The number of esters is 1. The Hall–Kier alpha value is -3.81. The molecule has 0 saturated carbocycles. The van der Waals surface area contributed by atoms with Crippen LogP contribution in [0, 0.1) is 11.3 Å². The first kappa shape index (κ1) is 26.3. The van der Waals surface area contributed by atoms with Gasteiger partial charge >= 0.3 is 5.97 Å². The van der Waals surface area contributed by atoms with Crippen molar-refractivity contribution in [3.05, 3.63) is 53.2 Å². The van der Waals surface area contributed by atoms with Crippen LogP contribution in [0.2, 0.25) is 0 Å². The van der Waals surface area contributed by atoms with E-state index in [1.807, 2.05) is 24.3 Å². The van der Waals surface area contributed by atoms with E-state index in [4.69, 9.17) is 23.9 Å². The topological polar surface area (TPSA) is 96.0 Å². The minimum atomic E-state index is -0.524. The van der Waals surface area contributed by atoms with Gasteiger partial charge in [0.25, 0.3) is 5.91 Å². The molecule has 0 saturated heterocycles. The number of para-hydroxylation sites is 1. The van der Waals surface area contributed by atoms with Crippen LogP contribution in [0.25, 0.3) is 10.9 Å². The summed E-state index contributed by atoms with van der Waals surface area (Å²) < 4.78 is 21.5. The lowest BCUT2D eigenvalue weighted by atomic mass is 9.70. The van der Waals surface area contributed by atoms with Crippen molar-refractivity contribution in [1.82, 2.24) is 4.98 Å². The average molecular weight is 507 g/mol. The number of aromatic nitrogens is 1. The fourth-order valence-corrected chi connectivity index (χ4v) is 4.91. The summed E-state index contributed by atoms with van der Waals surface area (Å²) in [6.07, 6.45) is 2.58. The van der Waals surface area contributed by atoms with Gasteiger partial charge in [-0.15, -0.1) is 0 Å². The molecular formula is C29H34N2O6. The number of nitrogens with one attached hydrogen (secondary N) is 1. The molecule has 1 aliphatic carbocycles. The number of amides is 1. The third-order valence-electron chi connectivity index (χ3n) is 6.97. The molecule has 1 heterocycles.